The number of carbonyl (C=O) groups is 1. The van der Waals surface area contributed by atoms with E-state index in [0.29, 0.717) is 24.4 Å². The van der Waals surface area contributed by atoms with Crippen LogP contribution in [0.25, 0.3) is 0 Å². The highest BCUT2D eigenvalue weighted by molar-refractivity contribution is 7.89. The second-order valence-corrected chi connectivity index (χ2v) is 7.69. The Labute approximate surface area is 147 Å². The highest BCUT2D eigenvalue weighted by Crippen LogP contribution is 2.18. The summed E-state index contributed by atoms with van der Waals surface area (Å²) in [5, 5.41) is 3.19. The molecule has 8 heteroatoms. The van der Waals surface area contributed by atoms with E-state index in [1.54, 1.807) is 23.1 Å². The Bertz CT molecular complexity index is 841. The van der Waals surface area contributed by atoms with Gasteiger partial charge in [-0.15, -0.1) is 0 Å². The monoisotopic (exact) mass is 363 g/mol. The van der Waals surface area contributed by atoms with Crippen molar-refractivity contribution in [2.45, 2.75) is 18.4 Å². The number of benzene rings is 1. The van der Waals surface area contributed by atoms with Crippen LogP contribution in [0.1, 0.15) is 21.7 Å². The van der Waals surface area contributed by atoms with Crippen LogP contribution in [-0.2, 0) is 16.6 Å². The molecule has 1 aliphatic heterocycles. The van der Waals surface area contributed by atoms with Gasteiger partial charge in [-0.2, -0.15) is 0 Å². The summed E-state index contributed by atoms with van der Waals surface area (Å²) >= 11 is 0. The first-order valence-corrected chi connectivity index (χ1v) is 9.58. The quantitative estimate of drug-likeness (QED) is 0.830. The van der Waals surface area contributed by atoms with Crippen LogP contribution in [0.4, 0.5) is 0 Å². The predicted octanol–water partition coefficient (Wildman–Crippen LogP) is 1.11. The number of nitrogens with zero attached hydrogens (tertiary/aromatic N) is 1. The van der Waals surface area contributed by atoms with Gasteiger partial charge in [0.2, 0.25) is 10.0 Å². The third-order valence-electron chi connectivity index (χ3n) is 4.17. The van der Waals surface area contributed by atoms with Crippen LogP contribution >= 0.6 is 0 Å². The summed E-state index contributed by atoms with van der Waals surface area (Å²) in [6.45, 7) is 4.59. The summed E-state index contributed by atoms with van der Waals surface area (Å²) in [6, 6.07) is 8.01. The molecule has 1 saturated heterocycles. The zero-order valence-electron chi connectivity index (χ0n) is 14.0. The van der Waals surface area contributed by atoms with E-state index in [-0.39, 0.29) is 17.3 Å². The minimum atomic E-state index is -3.73. The summed E-state index contributed by atoms with van der Waals surface area (Å²) in [6.07, 6.45) is 1.49. The van der Waals surface area contributed by atoms with Crippen molar-refractivity contribution in [2.24, 2.45) is 0 Å². The zero-order chi connectivity index (χ0) is 17.9. The van der Waals surface area contributed by atoms with Crippen molar-refractivity contribution in [3.63, 3.8) is 0 Å². The third kappa shape index (κ3) is 4.09. The number of piperazine rings is 1. The Morgan fingerprint density at radius 3 is 2.72 bits per heavy atom. The minimum absolute atomic E-state index is 0.0598. The SMILES string of the molecule is Cc1ccc(S(=O)(=O)NCc2ccco2)cc1C(=O)N1CCNCC1. The molecule has 25 heavy (non-hydrogen) atoms. The van der Waals surface area contributed by atoms with Gasteiger partial charge in [0, 0.05) is 31.7 Å². The Morgan fingerprint density at radius 1 is 1.28 bits per heavy atom. The first-order valence-electron chi connectivity index (χ1n) is 8.10. The molecule has 1 fully saturated rings. The zero-order valence-corrected chi connectivity index (χ0v) is 14.8. The summed E-state index contributed by atoms with van der Waals surface area (Å²) < 4.78 is 32.6. The lowest BCUT2D eigenvalue weighted by Gasteiger charge is -2.28. The molecule has 1 amide bonds. The van der Waals surface area contributed by atoms with Gasteiger partial charge < -0.3 is 14.6 Å². The van der Waals surface area contributed by atoms with E-state index in [1.165, 1.54) is 18.4 Å². The molecule has 1 aromatic heterocycles. The number of carbonyl (C=O) groups excluding carboxylic acids is 1. The van der Waals surface area contributed by atoms with Crippen molar-refractivity contribution < 1.29 is 17.6 Å². The molecular formula is C17H21N3O4S. The average Bonchev–Trinajstić information content (AvgIpc) is 3.14. The molecule has 1 aromatic carbocycles. The topological polar surface area (TPSA) is 91.6 Å². The molecule has 0 unspecified atom stereocenters. The number of sulfonamides is 1. The minimum Gasteiger partial charge on any atom is -0.468 e. The van der Waals surface area contributed by atoms with Crippen LogP contribution < -0.4 is 10.0 Å². The number of furan rings is 1. The van der Waals surface area contributed by atoms with E-state index in [2.05, 4.69) is 10.0 Å². The van der Waals surface area contributed by atoms with E-state index < -0.39 is 10.0 Å². The molecule has 2 N–H and O–H groups in total. The fourth-order valence-corrected chi connectivity index (χ4v) is 3.72. The number of amides is 1. The van der Waals surface area contributed by atoms with Crippen LogP contribution in [0, 0.1) is 6.92 Å². The number of nitrogens with one attached hydrogen (secondary N) is 2. The van der Waals surface area contributed by atoms with Crippen molar-refractivity contribution >= 4 is 15.9 Å². The maximum absolute atomic E-state index is 12.7. The van der Waals surface area contributed by atoms with Crippen molar-refractivity contribution in [3.05, 3.63) is 53.5 Å². The highest BCUT2D eigenvalue weighted by atomic mass is 32.2. The van der Waals surface area contributed by atoms with Gasteiger partial charge in [0.05, 0.1) is 17.7 Å². The molecule has 2 aromatic rings. The molecule has 3 rings (SSSR count). The van der Waals surface area contributed by atoms with E-state index in [9.17, 15) is 13.2 Å². The molecule has 0 saturated carbocycles. The van der Waals surface area contributed by atoms with Gasteiger partial charge >= 0.3 is 0 Å². The predicted molar refractivity (Wildman–Crippen MR) is 92.7 cm³/mol. The molecule has 2 heterocycles. The van der Waals surface area contributed by atoms with Crippen LogP contribution in [-0.4, -0.2) is 45.4 Å². The van der Waals surface area contributed by atoms with Crippen LogP contribution in [0.5, 0.6) is 0 Å². The van der Waals surface area contributed by atoms with Crippen LogP contribution in [0.3, 0.4) is 0 Å². The van der Waals surface area contributed by atoms with E-state index in [0.717, 1.165) is 18.7 Å². The van der Waals surface area contributed by atoms with E-state index >= 15 is 0 Å². The maximum atomic E-state index is 12.7. The molecule has 1 aliphatic rings. The molecule has 0 radical (unpaired) electrons. The Kier molecular flexibility index (Phi) is 5.22. The number of hydrogen-bond donors (Lipinski definition) is 2. The summed E-state index contributed by atoms with van der Waals surface area (Å²) in [5.74, 6) is 0.384. The lowest BCUT2D eigenvalue weighted by atomic mass is 10.1. The number of aryl methyl sites for hydroxylation is 1. The standard InChI is InChI=1S/C17H21N3O4S/c1-13-4-5-15(25(22,23)19-12-14-3-2-10-24-14)11-16(13)17(21)20-8-6-18-7-9-20/h2-5,10-11,18-19H,6-9,12H2,1H3. The first kappa shape index (κ1) is 17.7. The second-order valence-electron chi connectivity index (χ2n) is 5.92. The molecular weight excluding hydrogens is 342 g/mol. The summed E-state index contributed by atoms with van der Waals surface area (Å²) in [4.78, 5) is 14.5. The lowest BCUT2D eigenvalue weighted by Crippen LogP contribution is -2.46. The molecule has 0 aliphatic carbocycles. The molecule has 7 nitrogen and oxygen atoms in total. The van der Waals surface area contributed by atoms with Crippen molar-refractivity contribution in [2.75, 3.05) is 26.2 Å². The normalized spacial score (nSPS) is 15.3. The molecule has 0 spiro atoms. The third-order valence-corrected chi connectivity index (χ3v) is 5.57. The number of rotatable bonds is 5. The molecule has 134 valence electrons. The average molecular weight is 363 g/mol. The van der Waals surface area contributed by atoms with Crippen molar-refractivity contribution in [3.8, 4) is 0 Å². The van der Waals surface area contributed by atoms with E-state index in [4.69, 9.17) is 4.42 Å². The Hall–Kier alpha value is -2.16. The van der Waals surface area contributed by atoms with Gasteiger partial charge in [0.25, 0.3) is 5.91 Å². The highest BCUT2D eigenvalue weighted by Gasteiger charge is 2.22. The fourth-order valence-electron chi connectivity index (χ4n) is 2.70. The van der Waals surface area contributed by atoms with Crippen molar-refractivity contribution in [1.29, 1.82) is 0 Å². The van der Waals surface area contributed by atoms with Gasteiger partial charge in [0.15, 0.2) is 0 Å². The van der Waals surface area contributed by atoms with Gasteiger partial charge in [-0.1, -0.05) is 6.07 Å². The smallest absolute Gasteiger partial charge is 0.254 e. The maximum Gasteiger partial charge on any atom is 0.254 e. The van der Waals surface area contributed by atoms with Gasteiger partial charge in [0.1, 0.15) is 5.76 Å². The largest absolute Gasteiger partial charge is 0.468 e. The Balaban J connectivity index is 1.81. The van der Waals surface area contributed by atoms with Crippen LogP contribution in [0.2, 0.25) is 0 Å². The van der Waals surface area contributed by atoms with Crippen LogP contribution in [0.15, 0.2) is 45.9 Å². The molecule has 0 atom stereocenters. The molecule has 0 bridgehead atoms. The van der Waals surface area contributed by atoms with E-state index in [1.807, 2.05) is 6.92 Å². The van der Waals surface area contributed by atoms with Crippen molar-refractivity contribution in [1.82, 2.24) is 14.9 Å². The fraction of sp³-hybridized carbons (Fsp3) is 0.353. The summed E-state index contributed by atoms with van der Waals surface area (Å²) in [7, 11) is -3.73. The lowest BCUT2D eigenvalue weighted by molar-refractivity contribution is 0.0735. The Morgan fingerprint density at radius 2 is 2.04 bits per heavy atom. The summed E-state index contributed by atoms with van der Waals surface area (Å²) in [5.41, 5.74) is 1.18. The number of hydrogen-bond acceptors (Lipinski definition) is 5. The first-order chi connectivity index (χ1) is 12.0. The van der Waals surface area contributed by atoms with Gasteiger partial charge in [-0.3, -0.25) is 4.79 Å². The van der Waals surface area contributed by atoms with Gasteiger partial charge in [-0.25, -0.2) is 13.1 Å². The van der Waals surface area contributed by atoms with Gasteiger partial charge in [-0.05, 0) is 36.8 Å². The second kappa shape index (κ2) is 7.38.